The molecule has 0 saturated carbocycles. The molecular formula is C23H28N7O6S2+. The number of anilines is 1. The van der Waals surface area contributed by atoms with Crippen LogP contribution in [0.3, 0.4) is 0 Å². The lowest BCUT2D eigenvalue weighted by atomic mass is 10.0. The first-order valence-electron chi connectivity index (χ1n) is 11.4. The number of nitrogens with one attached hydrogen (secondary N) is 1. The van der Waals surface area contributed by atoms with Crippen LogP contribution in [0.1, 0.15) is 17.1 Å². The van der Waals surface area contributed by atoms with Gasteiger partial charge in [-0.1, -0.05) is 11.2 Å². The molecule has 0 bridgehead atoms. The fraction of sp³-hybridized carbons (Fsp3) is 0.391. The number of rotatable bonds is 10. The van der Waals surface area contributed by atoms with Gasteiger partial charge in [0.1, 0.15) is 36.5 Å². The van der Waals surface area contributed by atoms with Gasteiger partial charge in [0, 0.05) is 11.1 Å². The number of aryl methyl sites for hydroxylation is 1. The predicted octanol–water partition coefficient (Wildman–Crippen LogP) is 0.944. The van der Waals surface area contributed by atoms with E-state index in [4.69, 9.17) is 15.0 Å². The Morgan fingerprint density at radius 1 is 1.45 bits per heavy atom. The molecule has 2 aliphatic heterocycles. The van der Waals surface area contributed by atoms with Gasteiger partial charge in [-0.05, 0) is 18.6 Å². The van der Waals surface area contributed by atoms with Crippen molar-refractivity contribution in [2.75, 3.05) is 39.2 Å². The van der Waals surface area contributed by atoms with Crippen molar-refractivity contribution in [3.8, 4) is 0 Å². The maximum Gasteiger partial charge on any atom is 0.352 e. The molecule has 2 atom stereocenters. The number of hydrogen-bond donors (Lipinski definition) is 3. The summed E-state index contributed by atoms with van der Waals surface area (Å²) in [6.45, 7) is 3.10. The second kappa shape index (κ2) is 11.0. The zero-order valence-corrected chi connectivity index (χ0v) is 22.8. The number of aromatic nitrogens is 2. The number of β-lactam (4-membered cyclic amide) rings is 1. The number of carboxylic acid groups (broad SMARTS) is 1. The average molecular weight is 563 g/mol. The molecule has 38 heavy (non-hydrogen) atoms. The minimum Gasteiger partial charge on any atom is -0.477 e. The molecule has 1 saturated heterocycles. The molecule has 15 heteroatoms. The number of nitrogens with two attached hydrogens (primary N) is 1. The van der Waals surface area contributed by atoms with Gasteiger partial charge in [0.05, 0.1) is 26.3 Å². The highest BCUT2D eigenvalue weighted by atomic mass is 32.2. The normalized spacial score (nSPS) is 19.9. The number of quaternary nitrogens is 1. The van der Waals surface area contributed by atoms with E-state index in [0.717, 1.165) is 22.8 Å². The lowest BCUT2D eigenvalue weighted by molar-refractivity contribution is -0.898. The van der Waals surface area contributed by atoms with Crippen LogP contribution in [0.25, 0.3) is 0 Å². The van der Waals surface area contributed by atoms with Crippen LogP contribution >= 0.6 is 23.1 Å². The van der Waals surface area contributed by atoms with Gasteiger partial charge in [-0.3, -0.25) is 14.5 Å². The average Bonchev–Trinajstić information content (AvgIpc) is 3.47. The highest BCUT2D eigenvalue weighted by molar-refractivity contribution is 8.00. The molecule has 4 heterocycles. The Balaban J connectivity index is 1.46. The van der Waals surface area contributed by atoms with Crippen LogP contribution in [-0.2, 0) is 25.8 Å². The molecule has 202 valence electrons. The van der Waals surface area contributed by atoms with E-state index in [1.54, 1.807) is 11.5 Å². The van der Waals surface area contributed by atoms with Gasteiger partial charge in [-0.15, -0.1) is 23.1 Å². The second-order valence-corrected chi connectivity index (χ2v) is 11.3. The topological polar surface area (TPSA) is 173 Å². The van der Waals surface area contributed by atoms with Crippen molar-refractivity contribution < 1.29 is 33.2 Å². The van der Waals surface area contributed by atoms with Crippen molar-refractivity contribution >= 4 is 51.7 Å². The summed E-state index contributed by atoms with van der Waals surface area (Å²) in [5.41, 5.74) is 7.00. The summed E-state index contributed by atoms with van der Waals surface area (Å²) in [4.78, 5) is 52.2. The minimum atomic E-state index is -1.21. The molecule has 0 spiro atoms. The molecule has 0 aromatic carbocycles. The van der Waals surface area contributed by atoms with Gasteiger partial charge >= 0.3 is 5.97 Å². The summed E-state index contributed by atoms with van der Waals surface area (Å²) in [5.74, 6) is -1.26. The zero-order chi connectivity index (χ0) is 27.6. The highest BCUT2D eigenvalue weighted by Gasteiger charge is 2.54. The van der Waals surface area contributed by atoms with E-state index in [2.05, 4.69) is 20.4 Å². The molecule has 4 N–H and O–H groups in total. The van der Waals surface area contributed by atoms with Crippen LogP contribution in [0.4, 0.5) is 5.13 Å². The fourth-order valence-corrected chi connectivity index (χ4v) is 5.95. The predicted molar refractivity (Wildman–Crippen MR) is 141 cm³/mol. The van der Waals surface area contributed by atoms with E-state index in [1.807, 2.05) is 27.1 Å². The molecule has 4 rings (SSSR count). The molecule has 13 nitrogen and oxygen atoms in total. The van der Waals surface area contributed by atoms with Gasteiger partial charge in [-0.2, -0.15) is 0 Å². The fourth-order valence-electron chi connectivity index (χ4n) is 4.08. The van der Waals surface area contributed by atoms with Crippen LogP contribution in [-0.4, -0.2) is 92.9 Å². The van der Waals surface area contributed by atoms with E-state index in [0.29, 0.717) is 28.9 Å². The molecule has 1 fully saturated rings. The maximum absolute atomic E-state index is 13.0. The quantitative estimate of drug-likeness (QED) is 0.164. The monoisotopic (exact) mass is 562 g/mol. The zero-order valence-electron chi connectivity index (χ0n) is 21.2. The number of nitrogen functional groups attached to an aromatic ring is 1. The summed E-state index contributed by atoms with van der Waals surface area (Å²) in [6, 6.07) is -0.925. The Labute approximate surface area is 226 Å². The van der Waals surface area contributed by atoms with Crippen LogP contribution in [0, 0.1) is 6.92 Å². The standard InChI is InChI=1S/C23H27N7O6S2/c1-12-15(36-11-25-12)8-30(2,3)7-5-6-13-9-37-21-17(20(32)29(21)18(13)22(33)34)27-19(31)16(28-35-4)14-10-38-23(24)26-14/h5-6,10-11,17,21H,7-9H2,1-4H3,(H3-,24,26,27,31,33,34)/p+1/b6-5+,28-16-/t17-,21+/m1/s1. The molecule has 2 aromatic heterocycles. The van der Waals surface area contributed by atoms with Gasteiger partial charge in [0.25, 0.3) is 11.8 Å². The largest absolute Gasteiger partial charge is 0.477 e. The molecule has 2 aromatic rings. The van der Waals surface area contributed by atoms with E-state index in [9.17, 15) is 19.5 Å². The Kier molecular flexibility index (Phi) is 7.89. The van der Waals surface area contributed by atoms with E-state index < -0.39 is 29.2 Å². The van der Waals surface area contributed by atoms with Crippen molar-refractivity contribution in [1.29, 1.82) is 0 Å². The van der Waals surface area contributed by atoms with Crippen LogP contribution in [0.2, 0.25) is 0 Å². The first kappa shape index (κ1) is 27.3. The highest BCUT2D eigenvalue weighted by Crippen LogP contribution is 2.40. The first-order valence-corrected chi connectivity index (χ1v) is 13.4. The Morgan fingerprint density at radius 3 is 2.82 bits per heavy atom. The maximum atomic E-state index is 13.0. The number of fused-ring (bicyclic) bond motifs is 1. The number of thiazole rings is 1. The van der Waals surface area contributed by atoms with Crippen LogP contribution < -0.4 is 11.1 Å². The second-order valence-electron chi connectivity index (χ2n) is 9.27. The number of hydrogen-bond acceptors (Lipinski definition) is 11. The number of carboxylic acids is 1. The van der Waals surface area contributed by atoms with Gasteiger partial charge < -0.3 is 29.9 Å². The van der Waals surface area contributed by atoms with Crippen molar-refractivity contribution in [1.82, 2.24) is 20.2 Å². The molecule has 2 amide bonds. The smallest absolute Gasteiger partial charge is 0.352 e. The van der Waals surface area contributed by atoms with E-state index >= 15 is 0 Å². The Hall–Kier alpha value is -3.69. The van der Waals surface area contributed by atoms with Crippen molar-refractivity contribution in [2.24, 2.45) is 5.16 Å². The third kappa shape index (κ3) is 5.58. The van der Waals surface area contributed by atoms with Crippen molar-refractivity contribution in [3.63, 3.8) is 0 Å². The number of carbonyl (C=O) groups is 3. The van der Waals surface area contributed by atoms with Crippen LogP contribution in [0.15, 0.2) is 44.8 Å². The van der Waals surface area contributed by atoms with Gasteiger partial charge in [0.15, 0.2) is 23.0 Å². The summed E-state index contributed by atoms with van der Waals surface area (Å²) in [7, 11) is 5.33. The van der Waals surface area contributed by atoms with Crippen molar-refractivity contribution in [3.05, 3.63) is 52.3 Å². The van der Waals surface area contributed by atoms with Gasteiger partial charge in [0.2, 0.25) is 0 Å². The number of carbonyl (C=O) groups excluding carboxylic acids is 2. The first-order chi connectivity index (χ1) is 18.0. The summed E-state index contributed by atoms with van der Waals surface area (Å²) in [6.07, 6.45) is 5.05. The van der Waals surface area contributed by atoms with E-state index in [1.165, 1.54) is 30.2 Å². The lowest BCUT2D eigenvalue weighted by Gasteiger charge is -2.49. The molecule has 0 radical (unpaired) electrons. The van der Waals surface area contributed by atoms with E-state index in [-0.39, 0.29) is 22.2 Å². The molecular weight excluding hydrogens is 534 g/mol. The number of aliphatic carboxylic acids is 1. The number of likely N-dealkylation sites (N-methyl/N-ethyl adjacent to an activating group) is 1. The number of allylic oxidation sites excluding steroid dienone is 1. The minimum absolute atomic E-state index is 0.0880. The lowest BCUT2D eigenvalue weighted by Crippen LogP contribution is -2.71. The summed E-state index contributed by atoms with van der Waals surface area (Å²) in [5, 5.41) is 17.5. The Morgan fingerprint density at radius 2 is 2.21 bits per heavy atom. The number of oxazole rings is 1. The summed E-state index contributed by atoms with van der Waals surface area (Å²) >= 11 is 2.50. The van der Waals surface area contributed by atoms with Gasteiger partial charge in [-0.25, -0.2) is 14.8 Å². The number of oxime groups is 1. The third-order valence-corrected chi connectivity index (χ3v) is 7.96. The number of nitrogens with zero attached hydrogens (tertiary/aromatic N) is 5. The molecule has 2 aliphatic rings. The number of amides is 2. The SMILES string of the molecule is CO/N=C(\C(=O)N[C@@H]1C(=O)N2C(C(=O)O)=C(/C=C/C[N+](C)(C)Cc3ocnc3C)CS[C@@H]12)c1csc(N)n1. The molecule has 0 aliphatic carbocycles. The van der Waals surface area contributed by atoms with Crippen LogP contribution in [0.5, 0.6) is 0 Å². The third-order valence-electron chi connectivity index (χ3n) is 5.98. The Bertz CT molecular complexity index is 1350. The summed E-state index contributed by atoms with van der Waals surface area (Å²) < 4.78 is 6.00. The number of thioether (sulfide) groups is 1. The van der Waals surface area contributed by atoms with Crippen molar-refractivity contribution in [2.45, 2.75) is 24.9 Å². The molecule has 0 unspecified atom stereocenters.